The van der Waals surface area contributed by atoms with Crippen molar-refractivity contribution in [1.82, 2.24) is 5.32 Å². The second-order valence-electron chi connectivity index (χ2n) is 10.3. The fourth-order valence-corrected chi connectivity index (χ4v) is 5.01. The molecule has 0 bridgehead atoms. The third-order valence-electron chi connectivity index (χ3n) is 7.12. The second-order valence-corrected chi connectivity index (χ2v) is 11.3. The fraction of sp³-hybridized carbons (Fsp3) is 0.206. The molecule has 1 saturated carbocycles. The molecule has 1 fully saturated rings. The molecule has 3 atom stereocenters. The number of ether oxygens (including phenoxy) is 3. The number of hydrogen-bond donors (Lipinski definition) is 1. The van der Waals surface area contributed by atoms with Gasteiger partial charge in [0, 0.05) is 18.0 Å². The first-order valence-electron chi connectivity index (χ1n) is 13.5. The fourth-order valence-electron chi connectivity index (χ4n) is 4.73. The first-order valence-corrected chi connectivity index (χ1v) is 14.2. The molecule has 9 heteroatoms. The number of para-hydroxylation sites is 1. The van der Waals surface area contributed by atoms with Crippen LogP contribution in [0.5, 0.6) is 17.2 Å². The summed E-state index contributed by atoms with van der Waals surface area (Å²) < 4.78 is 16.5. The van der Waals surface area contributed by atoms with E-state index in [0.29, 0.717) is 22.8 Å². The predicted octanol–water partition coefficient (Wildman–Crippen LogP) is 8.74. The maximum Gasteiger partial charge on any atom is 0.412 e. The zero-order valence-electron chi connectivity index (χ0n) is 23.8. The molecule has 0 spiro atoms. The Morgan fingerprint density at radius 3 is 2.28 bits per heavy atom. The summed E-state index contributed by atoms with van der Waals surface area (Å²) in [6, 6.07) is 31.7. The van der Waals surface area contributed by atoms with E-state index in [-0.39, 0.29) is 21.7 Å². The Morgan fingerprint density at radius 1 is 0.930 bits per heavy atom. The number of nitrogens with one attached hydrogen (secondary N) is 1. The monoisotopic (exact) mass is 616 g/mol. The highest BCUT2D eigenvalue weighted by Gasteiger charge is 2.62. The van der Waals surface area contributed by atoms with Crippen LogP contribution in [0.15, 0.2) is 108 Å². The summed E-state index contributed by atoms with van der Waals surface area (Å²) in [6.45, 7) is 3.87. The van der Waals surface area contributed by atoms with E-state index in [2.05, 4.69) is 5.32 Å². The molecular weight excluding hydrogens is 587 g/mol. The van der Waals surface area contributed by atoms with E-state index in [0.717, 1.165) is 10.8 Å². The number of nitrogens with zero attached hydrogens (tertiary/aromatic N) is 1. The quantitative estimate of drug-likeness (QED) is 0.208. The van der Waals surface area contributed by atoms with E-state index in [4.69, 9.17) is 37.4 Å². The van der Waals surface area contributed by atoms with Crippen LogP contribution in [-0.4, -0.2) is 19.1 Å². The molecule has 43 heavy (non-hydrogen) atoms. The average Bonchev–Trinajstić information content (AvgIpc) is 3.55. The van der Waals surface area contributed by atoms with Crippen LogP contribution in [0.25, 0.3) is 10.8 Å². The number of benzene rings is 4. The highest BCUT2D eigenvalue weighted by Crippen LogP contribution is 2.60. The molecule has 0 aliphatic heterocycles. The highest BCUT2D eigenvalue weighted by molar-refractivity contribution is 6.55. The Labute approximate surface area is 260 Å². The lowest BCUT2D eigenvalue weighted by atomic mass is 10.1. The zero-order valence-corrected chi connectivity index (χ0v) is 25.3. The molecule has 3 unspecified atom stereocenters. The summed E-state index contributed by atoms with van der Waals surface area (Å²) in [7, 11) is 1.54. The van der Waals surface area contributed by atoms with E-state index in [1.165, 1.54) is 7.05 Å². The van der Waals surface area contributed by atoms with Crippen molar-refractivity contribution in [2.24, 2.45) is 17.3 Å². The Hall–Kier alpha value is -4.51. The molecule has 0 heterocycles. The molecule has 0 aromatic heterocycles. The van der Waals surface area contributed by atoms with Crippen molar-refractivity contribution in [3.8, 4) is 23.3 Å². The summed E-state index contributed by atoms with van der Waals surface area (Å²) in [6.07, 6.45) is 0.163. The van der Waals surface area contributed by atoms with Gasteiger partial charge in [-0.15, -0.1) is 0 Å². The standard InChI is InChI=1S/C22H19Cl2NO3.C12H11NO2/c1-22(2)17(12-19(23)24)20(22)21(26)28-18(13-25)14-7-6-10-16(11-14)27-15-8-4-3-5-9-15;1-13-12(14)15-11-8-4-6-9-5-2-3-7-10(9)11/h3-12,17-18,20H,1-2H3;2-8H,1H3,(H,13,14). The van der Waals surface area contributed by atoms with Gasteiger partial charge >= 0.3 is 12.1 Å². The number of carbonyl (C=O) groups excluding carboxylic acids is 2. The number of amides is 1. The molecule has 1 aliphatic carbocycles. The number of hydrogen-bond acceptors (Lipinski definition) is 6. The maximum atomic E-state index is 12.6. The highest BCUT2D eigenvalue weighted by atomic mass is 35.5. The second kappa shape index (κ2) is 14.1. The smallest absolute Gasteiger partial charge is 0.412 e. The van der Waals surface area contributed by atoms with Crippen LogP contribution in [0, 0.1) is 28.6 Å². The summed E-state index contributed by atoms with van der Waals surface area (Å²) in [5.74, 6) is 0.866. The van der Waals surface area contributed by atoms with Gasteiger partial charge in [-0.05, 0) is 53.1 Å². The van der Waals surface area contributed by atoms with Gasteiger partial charge < -0.3 is 19.5 Å². The van der Waals surface area contributed by atoms with E-state index in [9.17, 15) is 14.9 Å². The minimum absolute atomic E-state index is 0.114. The maximum absolute atomic E-state index is 12.6. The van der Waals surface area contributed by atoms with Crippen LogP contribution in [0.1, 0.15) is 25.5 Å². The molecule has 1 N–H and O–H groups in total. The van der Waals surface area contributed by atoms with Crippen molar-refractivity contribution in [2.45, 2.75) is 20.0 Å². The normalized spacial score (nSPS) is 16.7. The Bertz CT molecular complexity index is 1660. The number of fused-ring (bicyclic) bond motifs is 1. The minimum atomic E-state index is -1.03. The molecule has 4 aromatic carbocycles. The van der Waals surface area contributed by atoms with E-state index < -0.39 is 18.2 Å². The number of allylic oxidation sites excluding steroid dienone is 1. The van der Waals surface area contributed by atoms with E-state index in [1.54, 1.807) is 36.4 Å². The summed E-state index contributed by atoms with van der Waals surface area (Å²) in [5, 5.41) is 13.9. The number of halogens is 2. The van der Waals surface area contributed by atoms with E-state index in [1.807, 2.05) is 86.6 Å². The molecule has 5 rings (SSSR count). The van der Waals surface area contributed by atoms with Crippen molar-refractivity contribution in [3.05, 3.63) is 113 Å². The molecule has 4 aromatic rings. The Kier molecular flexibility index (Phi) is 10.3. The number of esters is 1. The number of carbonyl (C=O) groups is 2. The number of nitriles is 1. The van der Waals surface area contributed by atoms with Crippen molar-refractivity contribution < 1.29 is 23.8 Å². The summed E-state index contributed by atoms with van der Waals surface area (Å²) in [4.78, 5) is 23.7. The largest absolute Gasteiger partial charge is 0.457 e. The molecule has 1 amide bonds. The van der Waals surface area contributed by atoms with Gasteiger partial charge in [-0.25, -0.2) is 4.79 Å². The molecule has 0 saturated heterocycles. The topological polar surface area (TPSA) is 97.7 Å². The van der Waals surface area contributed by atoms with Gasteiger partial charge in [0.25, 0.3) is 0 Å². The van der Waals surface area contributed by atoms with Gasteiger partial charge in [0.2, 0.25) is 6.10 Å². The lowest BCUT2D eigenvalue weighted by molar-refractivity contribution is -0.149. The lowest BCUT2D eigenvalue weighted by Gasteiger charge is -2.13. The molecule has 0 radical (unpaired) electrons. The zero-order chi connectivity index (χ0) is 31.0. The van der Waals surface area contributed by atoms with E-state index >= 15 is 0 Å². The number of rotatable bonds is 7. The first kappa shape index (κ1) is 31.4. The first-order chi connectivity index (χ1) is 20.6. The van der Waals surface area contributed by atoms with Gasteiger partial charge in [-0.1, -0.05) is 104 Å². The van der Waals surface area contributed by atoms with Crippen LogP contribution in [0.2, 0.25) is 0 Å². The van der Waals surface area contributed by atoms with Gasteiger partial charge in [0.15, 0.2) is 0 Å². The van der Waals surface area contributed by atoms with Crippen LogP contribution in [0.4, 0.5) is 4.79 Å². The van der Waals surface area contributed by atoms with Gasteiger partial charge in [-0.3, -0.25) is 4.79 Å². The molecule has 7 nitrogen and oxygen atoms in total. The minimum Gasteiger partial charge on any atom is -0.457 e. The van der Waals surface area contributed by atoms with Crippen LogP contribution >= 0.6 is 23.2 Å². The Morgan fingerprint density at radius 2 is 1.58 bits per heavy atom. The van der Waals surface area contributed by atoms with Crippen LogP contribution < -0.4 is 14.8 Å². The average molecular weight is 618 g/mol. The lowest BCUT2D eigenvalue weighted by Crippen LogP contribution is -2.22. The molecule has 220 valence electrons. The van der Waals surface area contributed by atoms with Crippen molar-refractivity contribution in [1.29, 1.82) is 5.26 Å². The van der Waals surface area contributed by atoms with Gasteiger partial charge in [0.05, 0.1) is 5.92 Å². The molecular formula is C34H30Cl2N2O5. The van der Waals surface area contributed by atoms with Crippen molar-refractivity contribution in [3.63, 3.8) is 0 Å². The predicted molar refractivity (Wildman–Crippen MR) is 167 cm³/mol. The van der Waals surface area contributed by atoms with Crippen molar-refractivity contribution in [2.75, 3.05) is 7.05 Å². The van der Waals surface area contributed by atoms with Crippen LogP contribution in [-0.2, 0) is 9.53 Å². The third kappa shape index (κ3) is 8.07. The summed E-state index contributed by atoms with van der Waals surface area (Å²) >= 11 is 11.5. The SMILES string of the molecule is CC1(C)C(C=C(Cl)Cl)C1C(=O)OC(C#N)c1cccc(Oc2ccccc2)c1.CNC(=O)Oc1cccc2ccccc12. The Balaban J connectivity index is 0.000000237. The van der Waals surface area contributed by atoms with Gasteiger partial charge in [0.1, 0.15) is 27.8 Å². The van der Waals surface area contributed by atoms with Gasteiger partial charge in [-0.2, -0.15) is 5.26 Å². The van der Waals surface area contributed by atoms with Crippen LogP contribution in [0.3, 0.4) is 0 Å². The third-order valence-corrected chi connectivity index (χ3v) is 7.37. The summed E-state index contributed by atoms with van der Waals surface area (Å²) in [5.41, 5.74) is 0.231. The van der Waals surface area contributed by atoms with Crippen molar-refractivity contribution >= 4 is 46.0 Å². The molecule has 1 aliphatic rings.